The van der Waals surface area contributed by atoms with Gasteiger partial charge in [-0.25, -0.2) is 4.79 Å². The predicted octanol–water partition coefficient (Wildman–Crippen LogP) is 4.74. The highest BCUT2D eigenvalue weighted by Crippen LogP contribution is 2.24. The molecule has 0 fully saturated rings. The van der Waals surface area contributed by atoms with Gasteiger partial charge in [-0.1, -0.05) is 36.9 Å². The normalized spacial score (nSPS) is 10.6. The van der Waals surface area contributed by atoms with E-state index in [1.54, 1.807) is 0 Å². The van der Waals surface area contributed by atoms with Crippen LogP contribution >= 0.6 is 11.8 Å². The minimum Gasteiger partial charge on any atom is -0.478 e. The number of fused-ring (bicyclic) bond motifs is 1. The molecule has 0 heterocycles. The van der Waals surface area contributed by atoms with Gasteiger partial charge in [0, 0.05) is 10.5 Å². The van der Waals surface area contributed by atoms with E-state index in [1.165, 1.54) is 15.7 Å². The topological polar surface area (TPSA) is 37.3 Å². The Bertz CT molecular complexity index is 619. The van der Waals surface area contributed by atoms with Crippen molar-refractivity contribution in [1.82, 2.24) is 0 Å². The summed E-state index contributed by atoms with van der Waals surface area (Å²) in [5, 5.41) is 11.2. The monoisotopic (exact) mass is 286 g/mol. The lowest BCUT2D eigenvalue weighted by Crippen LogP contribution is -1.98. The first-order valence-corrected chi connectivity index (χ1v) is 7.68. The molecule has 0 aliphatic heterocycles. The Morgan fingerprint density at radius 1 is 1.10 bits per heavy atom. The van der Waals surface area contributed by atoms with Gasteiger partial charge >= 0.3 is 5.97 Å². The van der Waals surface area contributed by atoms with Gasteiger partial charge in [-0.15, -0.1) is 11.8 Å². The zero-order valence-electron chi connectivity index (χ0n) is 11.3. The summed E-state index contributed by atoms with van der Waals surface area (Å²) in [6.45, 7) is 3.54. The molecule has 0 radical (unpaired) electrons. The van der Waals surface area contributed by atoms with E-state index in [-0.39, 0.29) is 0 Å². The molecule has 0 aromatic heterocycles. The fraction of sp³-hybridized carbons (Fsp3) is 0.235. The Morgan fingerprint density at radius 2 is 1.85 bits per heavy atom. The number of carboxylic acid groups (broad SMARTS) is 1. The Morgan fingerprint density at radius 3 is 2.60 bits per heavy atom. The summed E-state index contributed by atoms with van der Waals surface area (Å²) in [5.41, 5.74) is 0.306. The van der Waals surface area contributed by atoms with Gasteiger partial charge in [0.1, 0.15) is 0 Å². The predicted molar refractivity (Wildman–Crippen MR) is 85.3 cm³/mol. The molecule has 0 amide bonds. The van der Waals surface area contributed by atoms with Crippen molar-refractivity contribution in [1.29, 1.82) is 0 Å². The molecule has 2 aromatic carbocycles. The van der Waals surface area contributed by atoms with Crippen LogP contribution in [0.3, 0.4) is 0 Å². The highest BCUT2D eigenvalue weighted by molar-refractivity contribution is 7.99. The maximum absolute atomic E-state index is 10.6. The number of benzene rings is 2. The van der Waals surface area contributed by atoms with Crippen molar-refractivity contribution in [3.05, 3.63) is 54.6 Å². The van der Waals surface area contributed by atoms with Crippen LogP contribution in [0, 0.1) is 0 Å². The molecule has 2 rings (SSSR count). The van der Waals surface area contributed by atoms with E-state index in [0.717, 1.165) is 18.6 Å². The first-order chi connectivity index (χ1) is 9.66. The molecule has 2 nitrogen and oxygen atoms in total. The smallest absolute Gasteiger partial charge is 0.330 e. The van der Waals surface area contributed by atoms with Crippen molar-refractivity contribution >= 4 is 28.5 Å². The van der Waals surface area contributed by atoms with Gasteiger partial charge in [-0.3, -0.25) is 0 Å². The summed E-state index contributed by atoms with van der Waals surface area (Å²) in [5.74, 6) is 0.123. The van der Waals surface area contributed by atoms with Crippen LogP contribution in [0.1, 0.15) is 19.3 Å². The summed E-state index contributed by atoms with van der Waals surface area (Å²) >= 11 is 1.82. The van der Waals surface area contributed by atoms with Gasteiger partial charge in [0.25, 0.3) is 0 Å². The van der Waals surface area contributed by atoms with E-state index < -0.39 is 5.97 Å². The minimum absolute atomic E-state index is 0.306. The third-order valence-electron chi connectivity index (χ3n) is 3.17. The molecule has 0 bridgehead atoms. The summed E-state index contributed by atoms with van der Waals surface area (Å²) in [6.07, 6.45) is 2.46. The molecular formula is C17H18O2S. The maximum Gasteiger partial charge on any atom is 0.330 e. The van der Waals surface area contributed by atoms with E-state index >= 15 is 0 Å². The number of rotatable bonds is 7. The number of unbranched alkanes of at least 4 members (excludes halogenated alkanes) is 1. The second kappa shape index (κ2) is 7.15. The lowest BCUT2D eigenvalue weighted by atomic mass is 10.1. The Labute approximate surface area is 123 Å². The summed E-state index contributed by atoms with van der Waals surface area (Å²) in [4.78, 5) is 11.9. The van der Waals surface area contributed by atoms with Crippen LogP contribution in [-0.4, -0.2) is 16.8 Å². The zero-order chi connectivity index (χ0) is 14.4. The molecular weight excluding hydrogens is 268 g/mol. The standard InChI is InChI=1S/C17H18O2S/c1-13(17(18)19)6-4-5-11-20-16-10-9-14-7-2-3-8-15(14)12-16/h2-3,7-10,12H,1,4-6,11H2,(H,18,19). The first kappa shape index (κ1) is 14.7. The lowest BCUT2D eigenvalue weighted by molar-refractivity contribution is -0.132. The zero-order valence-corrected chi connectivity index (χ0v) is 12.2. The van der Waals surface area contributed by atoms with Crippen molar-refractivity contribution in [3.63, 3.8) is 0 Å². The summed E-state index contributed by atoms with van der Waals surface area (Å²) in [6, 6.07) is 14.8. The minimum atomic E-state index is -0.882. The Kier molecular flexibility index (Phi) is 5.24. The van der Waals surface area contributed by atoms with Crippen LogP contribution in [0.25, 0.3) is 10.8 Å². The van der Waals surface area contributed by atoms with E-state index in [1.807, 2.05) is 23.9 Å². The number of thioether (sulfide) groups is 1. The molecule has 1 N–H and O–H groups in total. The number of carboxylic acids is 1. The number of hydrogen-bond donors (Lipinski definition) is 1. The molecule has 20 heavy (non-hydrogen) atoms. The summed E-state index contributed by atoms with van der Waals surface area (Å²) in [7, 11) is 0. The van der Waals surface area contributed by atoms with Crippen LogP contribution < -0.4 is 0 Å². The molecule has 0 aliphatic rings. The third kappa shape index (κ3) is 4.14. The maximum atomic E-state index is 10.6. The summed E-state index contributed by atoms with van der Waals surface area (Å²) < 4.78 is 0. The van der Waals surface area contributed by atoms with Crippen molar-refractivity contribution < 1.29 is 9.90 Å². The number of carbonyl (C=O) groups is 1. The van der Waals surface area contributed by atoms with Crippen LogP contribution in [0.5, 0.6) is 0 Å². The van der Waals surface area contributed by atoms with Gasteiger partial charge in [0.15, 0.2) is 0 Å². The molecule has 0 atom stereocenters. The molecule has 0 saturated heterocycles. The van der Waals surface area contributed by atoms with Crippen molar-refractivity contribution in [2.75, 3.05) is 5.75 Å². The number of hydrogen-bond acceptors (Lipinski definition) is 2. The van der Waals surface area contributed by atoms with E-state index in [2.05, 4.69) is 36.9 Å². The van der Waals surface area contributed by atoms with Crippen molar-refractivity contribution in [2.45, 2.75) is 24.2 Å². The van der Waals surface area contributed by atoms with E-state index in [4.69, 9.17) is 5.11 Å². The fourth-order valence-corrected chi connectivity index (χ4v) is 2.95. The molecule has 0 spiro atoms. The highest BCUT2D eigenvalue weighted by atomic mass is 32.2. The van der Waals surface area contributed by atoms with Gasteiger partial charge in [-0.2, -0.15) is 0 Å². The SMILES string of the molecule is C=C(CCCCSc1ccc2ccccc2c1)C(=O)O. The van der Waals surface area contributed by atoms with Gasteiger partial charge < -0.3 is 5.11 Å². The Hall–Kier alpha value is -1.74. The van der Waals surface area contributed by atoms with Gasteiger partial charge in [0.05, 0.1) is 0 Å². The lowest BCUT2D eigenvalue weighted by Gasteiger charge is -2.04. The second-order valence-corrected chi connectivity index (χ2v) is 5.89. The quantitative estimate of drug-likeness (QED) is 0.453. The molecule has 0 aliphatic carbocycles. The molecule has 3 heteroatoms. The molecule has 0 unspecified atom stereocenters. The van der Waals surface area contributed by atoms with E-state index in [0.29, 0.717) is 12.0 Å². The van der Waals surface area contributed by atoms with Gasteiger partial charge in [-0.05, 0) is 47.9 Å². The van der Waals surface area contributed by atoms with Crippen LogP contribution in [-0.2, 0) is 4.79 Å². The highest BCUT2D eigenvalue weighted by Gasteiger charge is 2.03. The average Bonchev–Trinajstić information content (AvgIpc) is 2.46. The van der Waals surface area contributed by atoms with E-state index in [9.17, 15) is 4.79 Å². The Balaban J connectivity index is 1.78. The average molecular weight is 286 g/mol. The molecule has 0 saturated carbocycles. The fourth-order valence-electron chi connectivity index (χ4n) is 1.99. The van der Waals surface area contributed by atoms with Crippen LogP contribution in [0.4, 0.5) is 0 Å². The van der Waals surface area contributed by atoms with Crippen molar-refractivity contribution in [2.24, 2.45) is 0 Å². The van der Waals surface area contributed by atoms with Crippen LogP contribution in [0.15, 0.2) is 59.5 Å². The third-order valence-corrected chi connectivity index (χ3v) is 4.25. The molecule has 104 valence electrons. The van der Waals surface area contributed by atoms with Gasteiger partial charge in [0.2, 0.25) is 0 Å². The first-order valence-electron chi connectivity index (χ1n) is 6.69. The largest absolute Gasteiger partial charge is 0.478 e. The second-order valence-electron chi connectivity index (χ2n) is 4.72. The molecule has 2 aromatic rings. The van der Waals surface area contributed by atoms with Crippen molar-refractivity contribution in [3.8, 4) is 0 Å². The number of aliphatic carboxylic acids is 1. The van der Waals surface area contributed by atoms with Crippen LogP contribution in [0.2, 0.25) is 0 Å².